The summed E-state index contributed by atoms with van der Waals surface area (Å²) in [5, 5.41) is 8.55. The summed E-state index contributed by atoms with van der Waals surface area (Å²) in [5.74, 6) is -1.18. The number of aryl methyl sites for hydroxylation is 1. The molecule has 96 valence electrons. The van der Waals surface area contributed by atoms with E-state index in [0.717, 1.165) is 0 Å². The number of nitrogens with one attached hydrogen (secondary N) is 1. The zero-order valence-electron chi connectivity index (χ0n) is 9.75. The first-order valence-corrected chi connectivity index (χ1v) is 6.63. The molecule has 1 aromatic rings. The van der Waals surface area contributed by atoms with Gasteiger partial charge in [0.2, 0.25) is 10.0 Å². The number of carbonyl (C=O) groups is 1. The number of hydrogen-bond donors (Lipinski definition) is 2. The number of rotatable bonds is 6. The molecule has 2 N–H and O–H groups in total. The second-order valence-corrected chi connectivity index (χ2v) is 5.83. The molecule has 0 aromatic carbocycles. The third kappa shape index (κ3) is 4.20. The van der Waals surface area contributed by atoms with Crippen molar-refractivity contribution in [2.75, 3.05) is 6.54 Å². The van der Waals surface area contributed by atoms with E-state index in [9.17, 15) is 13.2 Å². The summed E-state index contributed by atoms with van der Waals surface area (Å²) in [5.41, 5.74) is 0. The molecule has 0 amide bonds. The molecule has 1 aromatic heterocycles. The average molecular weight is 260 g/mol. The zero-order valence-corrected chi connectivity index (χ0v) is 10.6. The van der Waals surface area contributed by atoms with Gasteiger partial charge in [-0.15, -0.1) is 0 Å². The quantitative estimate of drug-likeness (QED) is 0.775. The Labute approximate surface area is 100 Å². The average Bonchev–Trinajstić information content (AvgIpc) is 2.62. The number of carboxylic acid groups (broad SMARTS) is 1. The van der Waals surface area contributed by atoms with E-state index in [1.54, 1.807) is 24.7 Å². The summed E-state index contributed by atoms with van der Waals surface area (Å²) in [4.78, 5) is 10.6. The maximum atomic E-state index is 11.8. The third-order valence-electron chi connectivity index (χ3n) is 2.26. The van der Waals surface area contributed by atoms with E-state index in [1.807, 2.05) is 0 Å². The van der Waals surface area contributed by atoms with Crippen LogP contribution in [0.3, 0.4) is 0 Å². The van der Waals surface area contributed by atoms with Crippen molar-refractivity contribution in [3.63, 3.8) is 0 Å². The SMILES string of the molecule is CC(CNS(=O)(=O)c1ccn(C)c1)CC(=O)O. The Bertz CT molecular complexity index is 492. The Hall–Kier alpha value is -1.34. The monoisotopic (exact) mass is 260 g/mol. The molecule has 0 spiro atoms. The van der Waals surface area contributed by atoms with Crippen LogP contribution in [-0.2, 0) is 21.9 Å². The zero-order chi connectivity index (χ0) is 13.1. The van der Waals surface area contributed by atoms with Crippen LogP contribution in [0.5, 0.6) is 0 Å². The molecule has 1 unspecified atom stereocenters. The van der Waals surface area contributed by atoms with Gasteiger partial charge in [-0.2, -0.15) is 0 Å². The normalized spacial score (nSPS) is 13.5. The van der Waals surface area contributed by atoms with Crippen LogP contribution in [0.25, 0.3) is 0 Å². The second kappa shape index (κ2) is 5.33. The molecule has 1 heterocycles. The molecule has 0 saturated heterocycles. The number of aliphatic carboxylic acids is 1. The summed E-state index contributed by atoms with van der Waals surface area (Å²) in [6.07, 6.45) is 3.07. The molecule has 17 heavy (non-hydrogen) atoms. The Balaban J connectivity index is 2.59. The summed E-state index contributed by atoms with van der Waals surface area (Å²) in [6, 6.07) is 1.49. The smallest absolute Gasteiger partial charge is 0.303 e. The third-order valence-corrected chi connectivity index (χ3v) is 3.67. The standard InChI is InChI=1S/C10H16N2O4S/c1-8(5-10(13)14)6-11-17(15,16)9-3-4-12(2)7-9/h3-4,7-8,11H,5-6H2,1-2H3,(H,13,14). The van der Waals surface area contributed by atoms with Gasteiger partial charge in [-0.1, -0.05) is 6.92 Å². The summed E-state index contributed by atoms with van der Waals surface area (Å²) in [7, 11) is -1.81. The van der Waals surface area contributed by atoms with Crippen LogP contribution >= 0.6 is 0 Å². The Morgan fingerprint density at radius 1 is 1.59 bits per heavy atom. The first kappa shape index (κ1) is 13.7. The lowest BCUT2D eigenvalue weighted by Crippen LogP contribution is -2.29. The van der Waals surface area contributed by atoms with Gasteiger partial charge < -0.3 is 9.67 Å². The predicted octanol–water partition coefficient (Wildman–Crippen LogP) is 0.414. The highest BCUT2D eigenvalue weighted by Gasteiger charge is 2.17. The lowest BCUT2D eigenvalue weighted by molar-refractivity contribution is -0.137. The predicted molar refractivity (Wildman–Crippen MR) is 62.0 cm³/mol. The number of sulfonamides is 1. The van der Waals surface area contributed by atoms with Crippen molar-refractivity contribution >= 4 is 16.0 Å². The highest BCUT2D eigenvalue weighted by atomic mass is 32.2. The fraction of sp³-hybridized carbons (Fsp3) is 0.500. The largest absolute Gasteiger partial charge is 0.481 e. The van der Waals surface area contributed by atoms with E-state index < -0.39 is 16.0 Å². The molecule has 0 aliphatic carbocycles. The summed E-state index contributed by atoms with van der Waals surface area (Å²) < 4.78 is 27.6. The van der Waals surface area contributed by atoms with Crippen LogP contribution < -0.4 is 4.72 Å². The highest BCUT2D eigenvalue weighted by molar-refractivity contribution is 7.89. The molecule has 1 atom stereocenters. The van der Waals surface area contributed by atoms with Crippen molar-refractivity contribution in [2.24, 2.45) is 13.0 Å². The topological polar surface area (TPSA) is 88.4 Å². The van der Waals surface area contributed by atoms with Crippen LogP contribution in [0.2, 0.25) is 0 Å². The minimum Gasteiger partial charge on any atom is -0.481 e. The fourth-order valence-electron chi connectivity index (χ4n) is 1.34. The van der Waals surface area contributed by atoms with Gasteiger partial charge >= 0.3 is 5.97 Å². The molecular weight excluding hydrogens is 244 g/mol. The van der Waals surface area contributed by atoms with Gasteiger partial charge in [0.15, 0.2) is 0 Å². The van der Waals surface area contributed by atoms with Gasteiger partial charge in [-0.3, -0.25) is 4.79 Å². The van der Waals surface area contributed by atoms with Crippen molar-refractivity contribution in [3.8, 4) is 0 Å². The maximum Gasteiger partial charge on any atom is 0.303 e. The minimum atomic E-state index is -3.53. The molecule has 0 aliphatic heterocycles. The van der Waals surface area contributed by atoms with Crippen molar-refractivity contribution in [1.29, 1.82) is 0 Å². The Morgan fingerprint density at radius 3 is 2.71 bits per heavy atom. The number of carboxylic acids is 1. The van der Waals surface area contributed by atoms with E-state index in [0.29, 0.717) is 0 Å². The lowest BCUT2D eigenvalue weighted by Gasteiger charge is -2.09. The van der Waals surface area contributed by atoms with Crippen LogP contribution in [-0.4, -0.2) is 30.6 Å². The van der Waals surface area contributed by atoms with Crippen molar-refractivity contribution in [1.82, 2.24) is 9.29 Å². The number of aromatic nitrogens is 1. The van der Waals surface area contributed by atoms with E-state index >= 15 is 0 Å². The van der Waals surface area contributed by atoms with Crippen LogP contribution in [0.15, 0.2) is 23.4 Å². The molecule has 0 saturated carbocycles. The number of nitrogens with zero attached hydrogens (tertiary/aromatic N) is 1. The number of hydrogen-bond acceptors (Lipinski definition) is 3. The van der Waals surface area contributed by atoms with Gasteiger partial charge in [0, 0.05) is 32.4 Å². The molecule has 0 aliphatic rings. The lowest BCUT2D eigenvalue weighted by atomic mass is 10.1. The van der Waals surface area contributed by atoms with Crippen molar-refractivity contribution in [3.05, 3.63) is 18.5 Å². The van der Waals surface area contributed by atoms with E-state index in [4.69, 9.17) is 5.11 Å². The van der Waals surface area contributed by atoms with Crippen LogP contribution in [0, 0.1) is 5.92 Å². The molecule has 1 rings (SSSR count). The summed E-state index contributed by atoms with van der Waals surface area (Å²) in [6.45, 7) is 1.80. The van der Waals surface area contributed by atoms with Gasteiger partial charge in [0.25, 0.3) is 0 Å². The van der Waals surface area contributed by atoms with Gasteiger partial charge in [-0.05, 0) is 12.0 Å². The van der Waals surface area contributed by atoms with Crippen LogP contribution in [0.1, 0.15) is 13.3 Å². The molecule has 7 heteroatoms. The highest BCUT2D eigenvalue weighted by Crippen LogP contribution is 2.09. The van der Waals surface area contributed by atoms with Gasteiger partial charge in [0.1, 0.15) is 0 Å². The van der Waals surface area contributed by atoms with Gasteiger partial charge in [-0.25, -0.2) is 13.1 Å². The molecular formula is C10H16N2O4S. The maximum absolute atomic E-state index is 11.8. The molecule has 0 radical (unpaired) electrons. The Morgan fingerprint density at radius 2 is 2.24 bits per heavy atom. The Kier molecular flexibility index (Phi) is 4.30. The van der Waals surface area contributed by atoms with Gasteiger partial charge in [0.05, 0.1) is 4.90 Å². The molecule has 6 nitrogen and oxygen atoms in total. The minimum absolute atomic E-state index is 0.0582. The van der Waals surface area contributed by atoms with Crippen LogP contribution in [0.4, 0.5) is 0 Å². The van der Waals surface area contributed by atoms with E-state index in [2.05, 4.69) is 4.72 Å². The first-order valence-electron chi connectivity index (χ1n) is 5.14. The molecule has 0 fully saturated rings. The summed E-state index contributed by atoms with van der Waals surface area (Å²) >= 11 is 0. The first-order chi connectivity index (χ1) is 7.81. The molecule has 0 bridgehead atoms. The van der Waals surface area contributed by atoms with E-state index in [-0.39, 0.29) is 23.8 Å². The fourth-order valence-corrected chi connectivity index (χ4v) is 2.56. The van der Waals surface area contributed by atoms with Crippen molar-refractivity contribution in [2.45, 2.75) is 18.2 Å². The van der Waals surface area contributed by atoms with Crippen molar-refractivity contribution < 1.29 is 18.3 Å². The van der Waals surface area contributed by atoms with E-state index in [1.165, 1.54) is 12.3 Å². The second-order valence-electron chi connectivity index (χ2n) is 4.07.